The number of amides is 1. The summed E-state index contributed by atoms with van der Waals surface area (Å²) in [5, 5.41) is 3.61. The maximum atomic E-state index is 13.0. The molecule has 1 amide bonds. The van der Waals surface area contributed by atoms with Crippen molar-refractivity contribution >= 4 is 38.2 Å². The number of aromatic nitrogens is 1. The molecule has 3 aromatic rings. The summed E-state index contributed by atoms with van der Waals surface area (Å²) < 4.78 is 106. The SMILES string of the molecule is O=C(CO[C@H]1CC[C@H](Nc2ccc(S(=O)(=O)C(F)(F)F)cc2)CC1)N1CCN(c2ccc3cc(C(F)(F)F)ccc3n2)CC1. The fourth-order valence-electron chi connectivity index (χ4n) is 5.41. The molecule has 0 spiro atoms. The molecule has 1 aliphatic heterocycles. The number of halogens is 6. The summed E-state index contributed by atoms with van der Waals surface area (Å²) in [4.78, 5) is 20.2. The summed E-state index contributed by atoms with van der Waals surface area (Å²) in [6.07, 6.45) is -1.77. The zero-order valence-electron chi connectivity index (χ0n) is 23.4. The molecule has 0 atom stereocenters. The van der Waals surface area contributed by atoms with E-state index in [1.165, 1.54) is 18.2 Å². The Balaban J connectivity index is 1.04. The quantitative estimate of drug-likeness (QED) is 0.333. The van der Waals surface area contributed by atoms with Gasteiger partial charge >= 0.3 is 11.7 Å². The zero-order valence-corrected chi connectivity index (χ0v) is 24.2. The molecule has 44 heavy (non-hydrogen) atoms. The van der Waals surface area contributed by atoms with E-state index in [0.717, 1.165) is 24.3 Å². The van der Waals surface area contributed by atoms with Crippen LogP contribution in [0, 0.1) is 0 Å². The number of alkyl halides is 6. The Bertz CT molecular complexity index is 1580. The molecule has 8 nitrogen and oxygen atoms in total. The largest absolute Gasteiger partial charge is 0.501 e. The van der Waals surface area contributed by atoms with Crippen LogP contribution < -0.4 is 10.2 Å². The van der Waals surface area contributed by atoms with Crippen molar-refractivity contribution in [3.8, 4) is 0 Å². The first-order chi connectivity index (χ1) is 20.7. The molecule has 2 fully saturated rings. The van der Waals surface area contributed by atoms with Crippen molar-refractivity contribution in [3.05, 3.63) is 60.2 Å². The van der Waals surface area contributed by atoms with Gasteiger partial charge in [0, 0.05) is 43.3 Å². The highest BCUT2D eigenvalue weighted by molar-refractivity contribution is 7.92. The topological polar surface area (TPSA) is 91.8 Å². The van der Waals surface area contributed by atoms with Crippen molar-refractivity contribution in [1.29, 1.82) is 0 Å². The highest BCUT2D eigenvalue weighted by atomic mass is 32.2. The van der Waals surface area contributed by atoms with Crippen LogP contribution in [0.5, 0.6) is 0 Å². The van der Waals surface area contributed by atoms with Gasteiger partial charge in [0.1, 0.15) is 12.4 Å². The molecule has 5 rings (SSSR count). The molecule has 1 saturated carbocycles. The van der Waals surface area contributed by atoms with Gasteiger partial charge < -0.3 is 19.9 Å². The van der Waals surface area contributed by atoms with Gasteiger partial charge in [-0.15, -0.1) is 0 Å². The molecule has 2 heterocycles. The van der Waals surface area contributed by atoms with Crippen LogP contribution >= 0.6 is 0 Å². The summed E-state index contributed by atoms with van der Waals surface area (Å²) in [6.45, 7) is 1.88. The average Bonchev–Trinajstić information content (AvgIpc) is 2.99. The van der Waals surface area contributed by atoms with E-state index in [1.54, 1.807) is 17.0 Å². The fraction of sp³-hybridized carbons (Fsp3) is 0.448. The highest BCUT2D eigenvalue weighted by Gasteiger charge is 2.46. The number of anilines is 2. The number of ether oxygens (including phenoxy) is 1. The van der Waals surface area contributed by atoms with Gasteiger partial charge in [-0.1, -0.05) is 0 Å². The van der Waals surface area contributed by atoms with Gasteiger partial charge in [-0.25, -0.2) is 13.4 Å². The van der Waals surface area contributed by atoms with Gasteiger partial charge in [0.25, 0.3) is 9.84 Å². The summed E-state index contributed by atoms with van der Waals surface area (Å²) in [5.41, 5.74) is -5.11. The van der Waals surface area contributed by atoms with Crippen molar-refractivity contribution in [3.63, 3.8) is 0 Å². The third-order valence-corrected chi connectivity index (χ3v) is 9.42. The highest BCUT2D eigenvalue weighted by Crippen LogP contribution is 2.33. The molecule has 0 radical (unpaired) electrons. The molecule has 238 valence electrons. The Labute approximate surface area is 249 Å². The fourth-order valence-corrected chi connectivity index (χ4v) is 6.17. The third kappa shape index (κ3) is 7.20. The Hall–Kier alpha value is -3.59. The van der Waals surface area contributed by atoms with Gasteiger partial charge in [0.2, 0.25) is 5.91 Å². The van der Waals surface area contributed by atoms with Gasteiger partial charge in [-0.2, -0.15) is 26.3 Å². The number of hydrogen-bond acceptors (Lipinski definition) is 7. The predicted molar refractivity (Wildman–Crippen MR) is 151 cm³/mol. The lowest BCUT2D eigenvalue weighted by Crippen LogP contribution is -2.50. The second-order valence-corrected chi connectivity index (χ2v) is 12.8. The number of benzene rings is 2. The van der Waals surface area contributed by atoms with E-state index in [2.05, 4.69) is 10.3 Å². The number of nitrogens with one attached hydrogen (secondary N) is 1. The number of hydrogen-bond donors (Lipinski definition) is 1. The number of sulfone groups is 1. The number of piperazine rings is 1. The van der Waals surface area contributed by atoms with Crippen LogP contribution in [0.4, 0.5) is 37.8 Å². The van der Waals surface area contributed by atoms with Gasteiger partial charge in [-0.05, 0) is 80.3 Å². The van der Waals surface area contributed by atoms with Gasteiger partial charge in [-0.3, -0.25) is 4.79 Å². The van der Waals surface area contributed by atoms with Crippen molar-refractivity contribution in [2.75, 3.05) is 43.0 Å². The number of carbonyl (C=O) groups is 1. The number of nitrogens with zero attached hydrogens (tertiary/aromatic N) is 3. The van der Waals surface area contributed by atoms with Crippen molar-refractivity contribution in [1.82, 2.24) is 9.88 Å². The van der Waals surface area contributed by atoms with Gasteiger partial charge in [0.15, 0.2) is 0 Å². The minimum Gasteiger partial charge on any atom is -0.382 e. The molecule has 1 aliphatic carbocycles. The molecule has 0 bridgehead atoms. The van der Waals surface area contributed by atoms with Gasteiger partial charge in [0.05, 0.1) is 22.1 Å². The van der Waals surface area contributed by atoms with Crippen molar-refractivity contribution in [2.24, 2.45) is 0 Å². The first kappa shape index (κ1) is 31.8. The minimum atomic E-state index is -5.39. The molecular weight excluding hydrogens is 614 g/mol. The molecule has 2 aliphatic rings. The van der Waals surface area contributed by atoms with E-state index >= 15 is 0 Å². The van der Waals surface area contributed by atoms with E-state index in [9.17, 15) is 39.6 Å². The van der Waals surface area contributed by atoms with E-state index in [-0.39, 0.29) is 24.7 Å². The van der Waals surface area contributed by atoms with E-state index < -0.39 is 32.0 Å². The number of fused-ring (bicyclic) bond motifs is 1. The Morgan fingerprint density at radius 3 is 2.16 bits per heavy atom. The Morgan fingerprint density at radius 1 is 0.886 bits per heavy atom. The van der Waals surface area contributed by atoms with Crippen LogP contribution in [0.15, 0.2) is 59.5 Å². The summed E-state index contributed by atoms with van der Waals surface area (Å²) >= 11 is 0. The van der Waals surface area contributed by atoms with E-state index in [4.69, 9.17) is 4.74 Å². The van der Waals surface area contributed by atoms with Crippen LogP contribution in [0.2, 0.25) is 0 Å². The maximum Gasteiger partial charge on any atom is 0.501 e. The lowest BCUT2D eigenvalue weighted by atomic mass is 9.93. The van der Waals surface area contributed by atoms with E-state index in [0.29, 0.717) is 74.3 Å². The molecule has 1 saturated heterocycles. The molecular formula is C29H30F6N4O4S. The van der Waals surface area contributed by atoms with Crippen molar-refractivity contribution < 1.29 is 44.3 Å². The molecule has 0 unspecified atom stereocenters. The Kier molecular flexibility index (Phi) is 8.99. The van der Waals surface area contributed by atoms with Crippen LogP contribution in [0.1, 0.15) is 31.2 Å². The standard InChI is InChI=1S/C29H30F6N4O4S/c30-28(31,32)20-2-11-25-19(17-20)1-12-26(37-25)38-13-15-39(16-14-38)27(40)18-43-23-7-3-21(4-8-23)36-22-5-9-24(10-6-22)44(41,42)29(33,34)35/h1-2,5-6,9-12,17,21,23,36H,3-4,7-8,13-16,18H2/t21-,23-. The zero-order chi connectivity index (χ0) is 31.7. The lowest BCUT2D eigenvalue weighted by molar-refractivity contribution is -0.139. The third-order valence-electron chi connectivity index (χ3n) is 7.92. The second-order valence-electron chi connectivity index (χ2n) is 10.8. The average molecular weight is 645 g/mol. The molecule has 2 aromatic carbocycles. The maximum absolute atomic E-state index is 13.0. The van der Waals surface area contributed by atoms with E-state index in [1.807, 2.05) is 4.90 Å². The summed E-state index contributed by atoms with van der Waals surface area (Å²) in [6, 6.07) is 11.2. The smallest absolute Gasteiger partial charge is 0.382 e. The summed E-state index contributed by atoms with van der Waals surface area (Å²) in [7, 11) is -5.39. The number of rotatable bonds is 7. The lowest BCUT2D eigenvalue weighted by Gasteiger charge is -2.36. The van der Waals surface area contributed by atoms with Crippen LogP contribution in [0.3, 0.4) is 0 Å². The predicted octanol–water partition coefficient (Wildman–Crippen LogP) is 5.64. The molecule has 1 N–H and O–H groups in total. The molecule has 15 heteroatoms. The first-order valence-corrected chi connectivity index (χ1v) is 15.5. The molecule has 1 aromatic heterocycles. The summed E-state index contributed by atoms with van der Waals surface area (Å²) in [5.74, 6) is 0.498. The Morgan fingerprint density at radius 2 is 1.55 bits per heavy atom. The van der Waals surface area contributed by atoms with Crippen LogP contribution in [0.25, 0.3) is 10.9 Å². The van der Waals surface area contributed by atoms with Crippen LogP contribution in [-0.4, -0.2) is 74.6 Å². The van der Waals surface area contributed by atoms with Crippen LogP contribution in [-0.2, 0) is 25.5 Å². The first-order valence-electron chi connectivity index (χ1n) is 14.0. The second kappa shape index (κ2) is 12.4. The minimum absolute atomic E-state index is 0.0270. The van der Waals surface area contributed by atoms with Crippen molar-refractivity contribution in [2.45, 2.75) is 54.4 Å². The monoisotopic (exact) mass is 644 g/mol. The normalized spacial score (nSPS) is 20.1. The number of carbonyl (C=O) groups excluding carboxylic acids is 1. The number of pyridine rings is 1.